The van der Waals surface area contributed by atoms with Crippen molar-refractivity contribution in [3.8, 4) is 0 Å². The van der Waals surface area contributed by atoms with Crippen LogP contribution in [0.3, 0.4) is 0 Å². The van der Waals surface area contributed by atoms with Crippen molar-refractivity contribution in [2.24, 2.45) is 0 Å². The summed E-state index contributed by atoms with van der Waals surface area (Å²) in [5, 5.41) is 0.725. The summed E-state index contributed by atoms with van der Waals surface area (Å²) in [7, 11) is 0. The number of thiol groups is 1. The van der Waals surface area contributed by atoms with Gasteiger partial charge in [-0.2, -0.15) is 4.37 Å². The van der Waals surface area contributed by atoms with Gasteiger partial charge in [0, 0.05) is 11.5 Å². The zero-order chi connectivity index (χ0) is 5.11. The summed E-state index contributed by atoms with van der Waals surface area (Å²) in [6, 6.07) is 0. The topological polar surface area (TPSA) is 37.8 Å². The Labute approximate surface area is 50.5 Å². The molecular weight excluding hydrogens is 130 g/mol. The Hall–Kier alpha value is -0.290. The molecule has 0 aliphatic heterocycles. The lowest BCUT2D eigenvalue weighted by molar-refractivity contribution is 1.34. The molecule has 5 heteroatoms. The predicted molar refractivity (Wildman–Crippen MR) is 32.5 cm³/mol. The van der Waals surface area contributed by atoms with Crippen LogP contribution >= 0.6 is 24.3 Å². The van der Waals surface area contributed by atoms with Gasteiger partial charge < -0.3 is 4.72 Å². The zero-order valence-corrected chi connectivity index (χ0v) is 5.04. The molecule has 1 rings (SSSR count). The molecule has 0 aliphatic rings. The van der Waals surface area contributed by atoms with Gasteiger partial charge in [0.15, 0.2) is 0 Å². The molecule has 1 N–H and O–H groups in total. The molecule has 0 bridgehead atoms. The molecule has 0 amide bonds. The average Bonchev–Trinajstić information content (AvgIpc) is 2.14. The molecule has 1 heterocycles. The number of nitrogens with zero attached hydrogens (tertiary/aromatic N) is 2. The van der Waals surface area contributed by atoms with Crippen molar-refractivity contribution in [3.05, 3.63) is 6.33 Å². The second-order valence-corrected chi connectivity index (χ2v) is 1.86. The smallest absolute Gasteiger partial charge is 0.212 e. The first-order valence-corrected chi connectivity index (χ1v) is 2.82. The molecule has 0 spiro atoms. The number of hydrogen-bond donors (Lipinski definition) is 2. The van der Waals surface area contributed by atoms with Gasteiger partial charge in [0.25, 0.3) is 0 Å². The van der Waals surface area contributed by atoms with E-state index in [2.05, 4.69) is 26.9 Å². The van der Waals surface area contributed by atoms with E-state index in [0.717, 1.165) is 5.13 Å². The van der Waals surface area contributed by atoms with Crippen LogP contribution in [0.4, 0.5) is 5.13 Å². The summed E-state index contributed by atoms with van der Waals surface area (Å²) in [4.78, 5) is 3.75. The maximum absolute atomic E-state index is 3.75. The summed E-state index contributed by atoms with van der Waals surface area (Å²) in [6.07, 6.45) is 1.48. The number of anilines is 1. The fourth-order valence-corrected chi connectivity index (χ4v) is 0.732. The lowest BCUT2D eigenvalue weighted by atomic mass is 11.2. The third kappa shape index (κ3) is 1.04. The largest absolute Gasteiger partial charge is 0.307 e. The van der Waals surface area contributed by atoms with Crippen LogP contribution in [0.25, 0.3) is 0 Å². The molecule has 7 heavy (non-hydrogen) atoms. The van der Waals surface area contributed by atoms with E-state index in [0.29, 0.717) is 0 Å². The Kier molecular flexibility index (Phi) is 1.48. The molecule has 1 aromatic rings. The Morgan fingerprint density at radius 3 is 3.00 bits per heavy atom. The summed E-state index contributed by atoms with van der Waals surface area (Å²) in [5.41, 5.74) is 0. The fraction of sp³-hybridized carbons (Fsp3) is 0. The molecule has 0 saturated carbocycles. The van der Waals surface area contributed by atoms with Crippen LogP contribution in [0.15, 0.2) is 6.33 Å². The number of nitrogens with one attached hydrogen (secondary N) is 1. The third-order valence-corrected chi connectivity index (χ3v) is 1.40. The summed E-state index contributed by atoms with van der Waals surface area (Å²) < 4.78 is 6.26. The van der Waals surface area contributed by atoms with Crippen LogP contribution in [-0.4, -0.2) is 9.36 Å². The van der Waals surface area contributed by atoms with Gasteiger partial charge in [0.1, 0.15) is 6.33 Å². The molecule has 0 aliphatic carbocycles. The highest BCUT2D eigenvalue weighted by Gasteiger charge is 1.85. The maximum atomic E-state index is 3.75. The highest BCUT2D eigenvalue weighted by Crippen LogP contribution is 2.05. The minimum atomic E-state index is 0.725. The summed E-state index contributed by atoms with van der Waals surface area (Å²) in [6.45, 7) is 0. The lowest BCUT2D eigenvalue weighted by Crippen LogP contribution is -1.73. The number of hydrogen-bond acceptors (Lipinski definition) is 5. The monoisotopic (exact) mass is 133 g/mol. The standard InChI is InChI=1S/C2H3N3S2/c6-5-2-3-1-4-7-2/h1,6H,(H,3,4,5). The van der Waals surface area contributed by atoms with Crippen LogP contribution in [0.2, 0.25) is 0 Å². The van der Waals surface area contributed by atoms with Gasteiger partial charge in [-0.1, -0.05) is 12.8 Å². The number of aromatic nitrogens is 2. The van der Waals surface area contributed by atoms with E-state index < -0.39 is 0 Å². The Morgan fingerprint density at radius 1 is 1.86 bits per heavy atom. The van der Waals surface area contributed by atoms with Crippen molar-refractivity contribution < 1.29 is 0 Å². The Balaban J connectivity index is 2.76. The van der Waals surface area contributed by atoms with Gasteiger partial charge in [-0.25, -0.2) is 4.98 Å². The van der Waals surface area contributed by atoms with E-state index in [1.807, 2.05) is 0 Å². The first kappa shape index (κ1) is 4.86. The molecule has 0 aromatic carbocycles. The van der Waals surface area contributed by atoms with E-state index in [1.165, 1.54) is 17.9 Å². The van der Waals surface area contributed by atoms with Crippen molar-refractivity contribution in [3.63, 3.8) is 0 Å². The summed E-state index contributed by atoms with van der Waals surface area (Å²) in [5.74, 6) is 0. The van der Waals surface area contributed by atoms with Gasteiger partial charge in [-0.3, -0.25) is 0 Å². The van der Waals surface area contributed by atoms with Crippen molar-refractivity contribution in [1.82, 2.24) is 9.36 Å². The Bertz CT molecular complexity index is 125. The fourth-order valence-electron chi connectivity index (χ4n) is 0.222. The first-order valence-electron chi connectivity index (χ1n) is 1.60. The van der Waals surface area contributed by atoms with Crippen LogP contribution in [0.1, 0.15) is 0 Å². The Morgan fingerprint density at radius 2 is 2.71 bits per heavy atom. The van der Waals surface area contributed by atoms with Gasteiger partial charge in [-0.15, -0.1) is 0 Å². The van der Waals surface area contributed by atoms with Gasteiger partial charge in [0.2, 0.25) is 5.13 Å². The van der Waals surface area contributed by atoms with E-state index in [9.17, 15) is 0 Å². The second kappa shape index (κ2) is 2.13. The highest BCUT2D eigenvalue weighted by molar-refractivity contribution is 7.81. The molecule has 0 atom stereocenters. The molecule has 0 fully saturated rings. The van der Waals surface area contributed by atoms with Crippen LogP contribution in [0.5, 0.6) is 0 Å². The van der Waals surface area contributed by atoms with Gasteiger partial charge in [0.05, 0.1) is 0 Å². The molecule has 0 saturated heterocycles. The van der Waals surface area contributed by atoms with Crippen molar-refractivity contribution in [1.29, 1.82) is 0 Å². The zero-order valence-electron chi connectivity index (χ0n) is 3.33. The SMILES string of the molecule is SNc1ncns1. The molecule has 38 valence electrons. The molecule has 0 unspecified atom stereocenters. The van der Waals surface area contributed by atoms with E-state index in [4.69, 9.17) is 0 Å². The van der Waals surface area contributed by atoms with Gasteiger partial charge in [-0.05, 0) is 0 Å². The van der Waals surface area contributed by atoms with Gasteiger partial charge >= 0.3 is 0 Å². The van der Waals surface area contributed by atoms with Crippen molar-refractivity contribution >= 4 is 29.5 Å². The molecule has 3 nitrogen and oxygen atoms in total. The molecule has 0 radical (unpaired) electrons. The number of rotatable bonds is 1. The normalized spacial score (nSPS) is 8.71. The average molecular weight is 133 g/mol. The van der Waals surface area contributed by atoms with Crippen LogP contribution in [-0.2, 0) is 0 Å². The van der Waals surface area contributed by atoms with Crippen molar-refractivity contribution in [2.45, 2.75) is 0 Å². The van der Waals surface area contributed by atoms with Crippen LogP contribution in [0, 0.1) is 0 Å². The predicted octanol–water partition coefficient (Wildman–Crippen LogP) is 0.795. The minimum absolute atomic E-state index is 0.725. The first-order chi connectivity index (χ1) is 3.43. The second-order valence-electron chi connectivity index (χ2n) is 0.858. The van der Waals surface area contributed by atoms with Crippen molar-refractivity contribution in [2.75, 3.05) is 4.72 Å². The highest BCUT2D eigenvalue weighted by atomic mass is 32.1. The lowest BCUT2D eigenvalue weighted by Gasteiger charge is -1.80. The quantitative estimate of drug-likeness (QED) is 0.556. The third-order valence-electron chi connectivity index (χ3n) is 0.457. The van der Waals surface area contributed by atoms with Crippen LogP contribution < -0.4 is 4.72 Å². The summed E-state index contributed by atoms with van der Waals surface area (Å²) >= 11 is 5.01. The van der Waals surface area contributed by atoms with E-state index in [-0.39, 0.29) is 0 Å². The van der Waals surface area contributed by atoms with E-state index >= 15 is 0 Å². The molecular formula is C2H3N3S2. The van der Waals surface area contributed by atoms with E-state index in [1.54, 1.807) is 0 Å². The maximum Gasteiger partial charge on any atom is 0.212 e. The minimum Gasteiger partial charge on any atom is -0.307 e. The molecule has 1 aromatic heterocycles.